The first-order valence-electron chi connectivity index (χ1n) is 11.1. The number of fused-ring (bicyclic) bond motifs is 1. The molecule has 0 spiro atoms. The zero-order valence-corrected chi connectivity index (χ0v) is 19.4. The van der Waals surface area contributed by atoms with Crippen LogP contribution >= 0.6 is 0 Å². The third-order valence-corrected chi connectivity index (χ3v) is 5.56. The number of anilines is 1. The maximum Gasteiger partial charge on any atom is 0.416 e. The van der Waals surface area contributed by atoms with Gasteiger partial charge in [0.25, 0.3) is 0 Å². The number of ether oxygens (including phenoxy) is 2. The van der Waals surface area contributed by atoms with Crippen LogP contribution in [0.5, 0.6) is 0 Å². The Morgan fingerprint density at radius 3 is 2.49 bits per heavy atom. The maximum absolute atomic E-state index is 13.4. The van der Waals surface area contributed by atoms with Crippen LogP contribution in [0.1, 0.15) is 42.7 Å². The van der Waals surface area contributed by atoms with Gasteiger partial charge in [-0.25, -0.2) is 23.5 Å². The third kappa shape index (κ3) is 4.44. The number of amides is 1. The van der Waals surface area contributed by atoms with Crippen molar-refractivity contribution in [3.63, 3.8) is 0 Å². The van der Waals surface area contributed by atoms with Crippen LogP contribution in [-0.4, -0.2) is 38.9 Å². The van der Waals surface area contributed by atoms with Crippen LogP contribution in [0.15, 0.2) is 67.0 Å². The van der Waals surface area contributed by atoms with Gasteiger partial charge in [0.05, 0.1) is 11.8 Å². The Labute approximate surface area is 200 Å². The number of aromatic nitrogens is 3. The predicted molar refractivity (Wildman–Crippen MR) is 127 cm³/mol. The normalized spacial score (nSPS) is 15.9. The molecular formula is C26H23FN4O4. The van der Waals surface area contributed by atoms with Crippen molar-refractivity contribution in [1.29, 1.82) is 0 Å². The van der Waals surface area contributed by atoms with Gasteiger partial charge in [-0.15, -0.1) is 0 Å². The summed E-state index contributed by atoms with van der Waals surface area (Å²) in [5, 5.41) is 4.36. The van der Waals surface area contributed by atoms with Gasteiger partial charge in [0.2, 0.25) is 0 Å². The van der Waals surface area contributed by atoms with E-state index in [4.69, 9.17) is 14.5 Å². The summed E-state index contributed by atoms with van der Waals surface area (Å²) in [6.45, 7) is 5.59. The van der Waals surface area contributed by atoms with Crippen molar-refractivity contribution in [2.75, 3.05) is 11.5 Å². The number of benzene rings is 2. The molecular weight excluding hydrogens is 451 g/mol. The summed E-state index contributed by atoms with van der Waals surface area (Å²) in [4.78, 5) is 31.1. The highest BCUT2D eigenvalue weighted by Crippen LogP contribution is 2.33. The molecule has 0 saturated carbocycles. The third-order valence-electron chi connectivity index (χ3n) is 5.56. The van der Waals surface area contributed by atoms with Gasteiger partial charge in [-0.1, -0.05) is 24.3 Å². The number of esters is 1. The molecule has 1 unspecified atom stereocenters. The van der Waals surface area contributed by atoms with Crippen molar-refractivity contribution >= 4 is 23.5 Å². The molecule has 5 rings (SSSR count). The van der Waals surface area contributed by atoms with E-state index in [1.807, 2.05) is 20.8 Å². The maximum atomic E-state index is 13.4. The number of hydrogen-bond donors (Lipinski definition) is 0. The molecule has 0 bridgehead atoms. The Bertz CT molecular complexity index is 1410. The number of carbonyl (C=O) groups excluding carboxylic acids is 2. The predicted octanol–water partition coefficient (Wildman–Crippen LogP) is 5.19. The Hall–Kier alpha value is -4.27. The van der Waals surface area contributed by atoms with Crippen LogP contribution in [0.3, 0.4) is 0 Å². The number of rotatable bonds is 4. The lowest BCUT2D eigenvalue weighted by atomic mass is 10.1. The van der Waals surface area contributed by atoms with E-state index >= 15 is 0 Å². The van der Waals surface area contributed by atoms with E-state index in [2.05, 4.69) is 5.10 Å². The van der Waals surface area contributed by atoms with Crippen LogP contribution in [0.4, 0.5) is 15.0 Å². The Morgan fingerprint density at radius 1 is 1.09 bits per heavy atom. The van der Waals surface area contributed by atoms with Crippen molar-refractivity contribution in [1.82, 2.24) is 14.6 Å². The number of halogens is 1. The number of cyclic esters (lactones) is 1. The van der Waals surface area contributed by atoms with Crippen LogP contribution in [0.25, 0.3) is 16.8 Å². The summed E-state index contributed by atoms with van der Waals surface area (Å²) in [5.41, 5.74) is 2.66. The molecule has 0 aliphatic carbocycles. The minimum absolute atomic E-state index is 0.134. The van der Waals surface area contributed by atoms with Gasteiger partial charge in [0, 0.05) is 11.8 Å². The molecule has 1 fully saturated rings. The lowest BCUT2D eigenvalue weighted by Crippen LogP contribution is -2.28. The van der Waals surface area contributed by atoms with Gasteiger partial charge in [-0.2, -0.15) is 5.10 Å². The van der Waals surface area contributed by atoms with Crippen LogP contribution in [0.2, 0.25) is 0 Å². The largest absolute Gasteiger partial charge is 0.456 e. The highest BCUT2D eigenvalue weighted by atomic mass is 19.1. The fourth-order valence-corrected chi connectivity index (χ4v) is 3.93. The topological polar surface area (TPSA) is 86.0 Å². The summed E-state index contributed by atoms with van der Waals surface area (Å²) in [5.74, 6) is -0.364. The fourth-order valence-electron chi connectivity index (χ4n) is 3.93. The summed E-state index contributed by atoms with van der Waals surface area (Å²) < 4.78 is 25.7. The molecule has 2 aromatic heterocycles. The second kappa shape index (κ2) is 8.50. The Balaban J connectivity index is 1.48. The van der Waals surface area contributed by atoms with Crippen LogP contribution < -0.4 is 4.90 Å². The summed E-state index contributed by atoms with van der Waals surface area (Å²) in [6, 6.07) is 14.2. The van der Waals surface area contributed by atoms with Gasteiger partial charge >= 0.3 is 12.1 Å². The second-order valence-electron chi connectivity index (χ2n) is 9.21. The van der Waals surface area contributed by atoms with Crippen molar-refractivity contribution < 1.29 is 23.5 Å². The average molecular weight is 474 g/mol. The highest BCUT2D eigenvalue weighted by molar-refractivity contribution is 5.92. The summed E-state index contributed by atoms with van der Waals surface area (Å²) in [6.07, 6.45) is 2.86. The van der Waals surface area contributed by atoms with Crippen LogP contribution in [-0.2, 0) is 9.47 Å². The molecule has 178 valence electrons. The fraction of sp³-hybridized carbons (Fsp3) is 0.231. The average Bonchev–Trinajstić information content (AvgIpc) is 3.41. The lowest BCUT2D eigenvalue weighted by molar-refractivity contribution is 0.00695. The number of carbonyl (C=O) groups is 2. The van der Waals surface area contributed by atoms with Crippen molar-refractivity contribution in [2.45, 2.75) is 32.4 Å². The monoisotopic (exact) mass is 474 g/mol. The zero-order valence-electron chi connectivity index (χ0n) is 19.4. The zero-order chi connectivity index (χ0) is 24.7. The SMILES string of the molecule is CC(C)(C)OC(=O)c1ccc(-c2cnn3ccc(N4C(=O)OCC4c4ccc(F)cc4)nc23)cc1. The Kier molecular flexibility index (Phi) is 5.47. The van der Waals surface area contributed by atoms with Crippen molar-refractivity contribution in [3.05, 3.63) is 83.9 Å². The molecule has 0 radical (unpaired) electrons. The molecule has 35 heavy (non-hydrogen) atoms. The van der Waals surface area contributed by atoms with E-state index < -0.39 is 23.7 Å². The highest BCUT2D eigenvalue weighted by Gasteiger charge is 2.36. The van der Waals surface area contributed by atoms with Gasteiger partial charge in [0.15, 0.2) is 5.65 Å². The molecule has 9 heteroatoms. The van der Waals surface area contributed by atoms with E-state index in [1.54, 1.807) is 59.4 Å². The standard InChI is InChI=1S/C26H23FN4O4/c1-26(2,3)35-24(32)18-6-4-16(5-7-18)20-14-28-30-13-12-22(29-23(20)30)31-21(15-34-25(31)33)17-8-10-19(27)11-9-17/h4-14,21H,15H2,1-3H3. The minimum Gasteiger partial charge on any atom is -0.456 e. The molecule has 1 amide bonds. The molecule has 1 saturated heterocycles. The van der Waals surface area contributed by atoms with Crippen molar-refractivity contribution in [3.8, 4) is 11.1 Å². The first kappa shape index (κ1) is 22.5. The minimum atomic E-state index is -0.582. The number of nitrogens with zero attached hydrogens (tertiary/aromatic N) is 4. The molecule has 1 aliphatic heterocycles. The van der Waals surface area contributed by atoms with Gasteiger partial charge in [-0.05, 0) is 62.2 Å². The van der Waals surface area contributed by atoms with E-state index in [1.165, 1.54) is 17.0 Å². The number of hydrogen-bond acceptors (Lipinski definition) is 6. The van der Waals surface area contributed by atoms with E-state index in [0.29, 0.717) is 17.0 Å². The van der Waals surface area contributed by atoms with E-state index in [9.17, 15) is 14.0 Å². The molecule has 4 aromatic rings. The quantitative estimate of drug-likeness (QED) is 0.379. The molecule has 0 N–H and O–H groups in total. The molecule has 2 aromatic carbocycles. The molecule has 3 heterocycles. The van der Waals surface area contributed by atoms with Gasteiger partial charge < -0.3 is 9.47 Å². The van der Waals surface area contributed by atoms with Crippen LogP contribution in [0, 0.1) is 5.82 Å². The van der Waals surface area contributed by atoms with Gasteiger partial charge in [-0.3, -0.25) is 4.90 Å². The van der Waals surface area contributed by atoms with Gasteiger partial charge in [0.1, 0.15) is 29.9 Å². The Morgan fingerprint density at radius 2 is 1.80 bits per heavy atom. The molecule has 1 atom stereocenters. The summed E-state index contributed by atoms with van der Waals surface area (Å²) >= 11 is 0. The first-order chi connectivity index (χ1) is 16.7. The van der Waals surface area contributed by atoms with E-state index in [-0.39, 0.29) is 12.4 Å². The molecule has 8 nitrogen and oxygen atoms in total. The molecule has 1 aliphatic rings. The summed E-state index contributed by atoms with van der Waals surface area (Å²) in [7, 11) is 0. The second-order valence-corrected chi connectivity index (χ2v) is 9.21. The van der Waals surface area contributed by atoms with E-state index in [0.717, 1.165) is 16.7 Å². The van der Waals surface area contributed by atoms with Crippen molar-refractivity contribution in [2.24, 2.45) is 0 Å². The first-order valence-corrected chi connectivity index (χ1v) is 11.1. The lowest BCUT2D eigenvalue weighted by Gasteiger charge is -2.21. The smallest absolute Gasteiger partial charge is 0.416 e.